The van der Waals surface area contributed by atoms with Gasteiger partial charge in [-0.25, -0.2) is 14.6 Å². The average molecular weight is 294 g/mol. The van der Waals surface area contributed by atoms with E-state index in [2.05, 4.69) is 4.98 Å². The number of hydrogen-bond donors (Lipinski definition) is 0. The Hall–Kier alpha value is -2.18. The van der Waals surface area contributed by atoms with Gasteiger partial charge in [-0.15, -0.1) is 0 Å². The van der Waals surface area contributed by atoms with Crippen LogP contribution in [0.5, 0.6) is 5.88 Å². The Labute approximate surface area is 123 Å². The Morgan fingerprint density at radius 3 is 2.48 bits per heavy atom. The molecule has 21 heavy (non-hydrogen) atoms. The van der Waals surface area contributed by atoms with E-state index in [1.54, 1.807) is 25.7 Å². The summed E-state index contributed by atoms with van der Waals surface area (Å²) in [4.78, 5) is 34.7. The van der Waals surface area contributed by atoms with Gasteiger partial charge in [0.1, 0.15) is 6.20 Å². The van der Waals surface area contributed by atoms with Crippen LogP contribution in [0.15, 0.2) is 18.3 Å². The molecule has 7 nitrogen and oxygen atoms in total. The van der Waals surface area contributed by atoms with Crippen molar-refractivity contribution in [3.8, 4) is 5.88 Å². The first-order valence-electron chi connectivity index (χ1n) is 6.94. The highest BCUT2D eigenvalue weighted by Crippen LogP contribution is 2.19. The van der Waals surface area contributed by atoms with Crippen LogP contribution in [0.3, 0.4) is 0 Å². The van der Waals surface area contributed by atoms with Crippen molar-refractivity contribution in [2.24, 2.45) is 0 Å². The third kappa shape index (κ3) is 4.40. The Kier molecular flexibility index (Phi) is 4.40. The number of ether oxygens (including phenoxy) is 1. The maximum Gasteiger partial charge on any atom is 0.416 e. The number of nitrogens with zero attached hydrogens (tertiary/aromatic N) is 3. The smallest absolute Gasteiger partial charge is 0.391 e. The molecule has 0 unspecified atom stereocenters. The second-order valence-electron chi connectivity index (χ2n) is 5.88. The summed E-state index contributed by atoms with van der Waals surface area (Å²) >= 11 is 0. The molecule has 2 rings (SSSR count). The number of likely N-dealkylation sites (tertiary alicyclic amines) is 1. The van der Waals surface area contributed by atoms with Crippen LogP contribution in [-0.4, -0.2) is 39.6 Å². The number of hydrogen-bond acceptors (Lipinski definition) is 5. The van der Waals surface area contributed by atoms with Crippen molar-refractivity contribution in [3.05, 3.63) is 23.2 Å². The summed E-state index contributed by atoms with van der Waals surface area (Å²) in [6, 6.07) is 2.97. The first-order valence-corrected chi connectivity index (χ1v) is 6.94. The van der Waals surface area contributed by atoms with E-state index in [-0.39, 0.29) is 11.6 Å². The Bertz CT molecular complexity index is 516. The molecule has 1 aromatic heterocycles. The minimum atomic E-state index is -0.595. The van der Waals surface area contributed by atoms with Gasteiger partial charge in [-0.2, -0.15) is 0 Å². The summed E-state index contributed by atoms with van der Waals surface area (Å²) in [6.45, 7) is 6.75. The lowest BCUT2D eigenvalue weighted by Crippen LogP contribution is -2.30. The molecule has 0 bridgehead atoms. The van der Waals surface area contributed by atoms with Crippen LogP contribution in [0, 0.1) is 4.91 Å². The highest BCUT2D eigenvalue weighted by Gasteiger charge is 2.26. The van der Waals surface area contributed by atoms with E-state index in [4.69, 9.17) is 9.57 Å². The van der Waals surface area contributed by atoms with Crippen molar-refractivity contribution in [2.75, 3.05) is 13.1 Å². The SMILES string of the molecule is CC(C)(C)O[N+](=O)c1ccc(OC(=O)N2CCCC2)nc1. The molecule has 0 N–H and O–H groups in total. The van der Waals surface area contributed by atoms with Crippen molar-refractivity contribution in [2.45, 2.75) is 39.2 Å². The number of carbonyl (C=O) groups is 1. The number of pyridine rings is 1. The van der Waals surface area contributed by atoms with E-state index in [1.165, 1.54) is 18.3 Å². The fraction of sp³-hybridized carbons (Fsp3) is 0.571. The van der Waals surface area contributed by atoms with Gasteiger partial charge in [0, 0.05) is 25.2 Å². The van der Waals surface area contributed by atoms with Gasteiger partial charge >= 0.3 is 11.8 Å². The van der Waals surface area contributed by atoms with Gasteiger partial charge < -0.3 is 9.64 Å². The molecule has 2 heterocycles. The van der Waals surface area contributed by atoms with E-state index >= 15 is 0 Å². The molecule has 0 spiro atoms. The van der Waals surface area contributed by atoms with Gasteiger partial charge in [0.2, 0.25) is 5.88 Å². The summed E-state index contributed by atoms with van der Waals surface area (Å²) in [6.07, 6.45) is 2.90. The number of carbonyl (C=O) groups excluding carboxylic acids is 1. The predicted octanol–water partition coefficient (Wildman–Crippen LogP) is 2.82. The summed E-state index contributed by atoms with van der Waals surface area (Å²) in [5.41, 5.74) is -0.353. The lowest BCUT2D eigenvalue weighted by atomic mass is 10.2. The molecule has 0 atom stereocenters. The molecule has 1 fully saturated rings. The maximum atomic E-state index is 11.8. The average Bonchev–Trinajstić information content (AvgIpc) is 2.91. The summed E-state index contributed by atoms with van der Waals surface area (Å²) in [5.74, 6) is 0.166. The molecule has 7 heteroatoms. The van der Waals surface area contributed by atoms with E-state index in [1.807, 2.05) is 0 Å². The van der Waals surface area contributed by atoms with Crippen molar-refractivity contribution in [1.29, 1.82) is 0 Å². The molecule has 0 aromatic carbocycles. The molecular weight excluding hydrogens is 274 g/mol. The Balaban J connectivity index is 1.95. The normalized spacial score (nSPS) is 14.9. The van der Waals surface area contributed by atoms with Crippen molar-refractivity contribution in [3.63, 3.8) is 0 Å². The van der Waals surface area contributed by atoms with Gasteiger partial charge in [-0.3, -0.25) is 0 Å². The maximum absolute atomic E-state index is 11.8. The zero-order valence-electron chi connectivity index (χ0n) is 12.5. The zero-order chi connectivity index (χ0) is 15.5. The van der Waals surface area contributed by atoms with E-state index < -0.39 is 11.7 Å². The largest absolute Gasteiger partial charge is 0.416 e. The molecule has 114 valence electrons. The van der Waals surface area contributed by atoms with E-state index in [0.717, 1.165) is 12.8 Å². The van der Waals surface area contributed by atoms with E-state index in [9.17, 15) is 9.70 Å². The molecule has 1 saturated heterocycles. The van der Waals surface area contributed by atoms with E-state index in [0.29, 0.717) is 18.0 Å². The monoisotopic (exact) mass is 294 g/mol. The molecule has 0 aliphatic carbocycles. The highest BCUT2D eigenvalue weighted by molar-refractivity contribution is 5.70. The molecule has 1 aromatic rings. The van der Waals surface area contributed by atoms with Crippen LogP contribution in [0.25, 0.3) is 0 Å². The lowest BCUT2D eigenvalue weighted by Gasteiger charge is -2.14. The molecule has 1 amide bonds. The summed E-state index contributed by atoms with van der Waals surface area (Å²) < 4.78 is 5.15. The quantitative estimate of drug-likeness (QED) is 0.802. The topological polar surface area (TPSA) is 71.7 Å². The summed E-state index contributed by atoms with van der Waals surface area (Å²) in [5, 5.41) is 0. The highest BCUT2D eigenvalue weighted by atomic mass is 16.8. The molecule has 1 aliphatic heterocycles. The standard InChI is InChI=1S/C14H20N3O4/c1-14(2,3)21-17(19)11-6-7-12(15-10-11)20-13(18)16-8-4-5-9-16/h6-7,10H,4-5,8-9H2,1-3H3/q+1. The number of rotatable bonds is 3. The minimum Gasteiger partial charge on any atom is -0.391 e. The van der Waals surface area contributed by atoms with Gasteiger partial charge in [0.15, 0.2) is 5.60 Å². The zero-order valence-corrected chi connectivity index (χ0v) is 12.5. The van der Waals surface area contributed by atoms with Crippen molar-refractivity contribution in [1.82, 2.24) is 9.88 Å². The Morgan fingerprint density at radius 1 is 1.29 bits per heavy atom. The number of amides is 1. The first kappa shape index (κ1) is 15.2. The predicted molar refractivity (Wildman–Crippen MR) is 75.2 cm³/mol. The third-order valence-electron chi connectivity index (χ3n) is 2.84. The van der Waals surface area contributed by atoms with Gasteiger partial charge in [-0.1, -0.05) is 0 Å². The number of aromatic nitrogens is 1. The fourth-order valence-corrected chi connectivity index (χ4v) is 1.90. The third-order valence-corrected chi connectivity index (χ3v) is 2.84. The van der Waals surface area contributed by atoms with Crippen molar-refractivity contribution >= 4 is 11.8 Å². The van der Waals surface area contributed by atoms with Gasteiger partial charge in [0.05, 0.1) is 4.91 Å². The Morgan fingerprint density at radius 2 is 1.95 bits per heavy atom. The lowest BCUT2D eigenvalue weighted by molar-refractivity contribution is -0.766. The first-order chi connectivity index (χ1) is 9.85. The molecule has 0 saturated carbocycles. The second kappa shape index (κ2) is 6.07. The van der Waals surface area contributed by atoms with Crippen LogP contribution < -0.4 is 4.74 Å². The summed E-state index contributed by atoms with van der Waals surface area (Å²) in [7, 11) is 0. The van der Waals surface area contributed by atoms with Crippen LogP contribution in [0.1, 0.15) is 33.6 Å². The van der Waals surface area contributed by atoms with Gasteiger partial charge in [-0.05, 0) is 33.6 Å². The van der Waals surface area contributed by atoms with Crippen LogP contribution in [-0.2, 0) is 4.84 Å². The van der Waals surface area contributed by atoms with Crippen LogP contribution in [0.4, 0.5) is 10.5 Å². The molecule has 0 radical (unpaired) electrons. The van der Waals surface area contributed by atoms with Crippen LogP contribution >= 0.6 is 0 Å². The minimum absolute atomic E-state index is 0.166. The van der Waals surface area contributed by atoms with Gasteiger partial charge in [0.25, 0.3) is 4.92 Å². The molecule has 1 aliphatic rings. The fourth-order valence-electron chi connectivity index (χ4n) is 1.90. The van der Waals surface area contributed by atoms with Crippen molar-refractivity contribution < 1.29 is 19.3 Å². The molecular formula is C14H20N3O4+. The second-order valence-corrected chi connectivity index (χ2v) is 5.88. The van der Waals surface area contributed by atoms with Crippen LogP contribution in [0.2, 0.25) is 0 Å².